The maximum absolute atomic E-state index is 5.91. The van der Waals surface area contributed by atoms with Crippen molar-refractivity contribution in [3.8, 4) is 0 Å². The van der Waals surface area contributed by atoms with Gasteiger partial charge in [0.05, 0.1) is 5.69 Å². The first-order valence-corrected chi connectivity index (χ1v) is 7.20. The van der Waals surface area contributed by atoms with Crippen molar-refractivity contribution in [3.05, 3.63) is 47.4 Å². The molecule has 2 heterocycles. The Morgan fingerprint density at radius 3 is 2.67 bits per heavy atom. The van der Waals surface area contributed by atoms with Crippen LogP contribution < -0.4 is 10.6 Å². The van der Waals surface area contributed by atoms with Crippen molar-refractivity contribution in [2.75, 3.05) is 31.3 Å². The van der Waals surface area contributed by atoms with E-state index in [1.807, 2.05) is 0 Å². The highest BCUT2D eigenvalue weighted by atomic mass is 15.1. The van der Waals surface area contributed by atoms with E-state index in [1.165, 1.54) is 11.3 Å². The summed E-state index contributed by atoms with van der Waals surface area (Å²) in [6.45, 7) is 2.79. The van der Waals surface area contributed by atoms with E-state index >= 15 is 0 Å². The van der Waals surface area contributed by atoms with Crippen LogP contribution in [0.2, 0.25) is 0 Å². The van der Waals surface area contributed by atoms with E-state index in [9.17, 15) is 0 Å². The summed E-state index contributed by atoms with van der Waals surface area (Å²) < 4.78 is 0. The Morgan fingerprint density at radius 1 is 1.19 bits per heavy atom. The van der Waals surface area contributed by atoms with Crippen LogP contribution in [0.4, 0.5) is 11.5 Å². The van der Waals surface area contributed by atoms with Gasteiger partial charge in [0.1, 0.15) is 12.1 Å². The molecule has 110 valence electrons. The monoisotopic (exact) mass is 283 g/mol. The maximum atomic E-state index is 5.91. The van der Waals surface area contributed by atoms with Crippen LogP contribution in [0.15, 0.2) is 30.6 Å². The van der Waals surface area contributed by atoms with Gasteiger partial charge in [0.15, 0.2) is 0 Å². The number of anilines is 2. The molecular formula is C16H21N5. The van der Waals surface area contributed by atoms with Gasteiger partial charge < -0.3 is 10.6 Å². The summed E-state index contributed by atoms with van der Waals surface area (Å²) >= 11 is 0. The highest BCUT2D eigenvalue weighted by Crippen LogP contribution is 2.22. The van der Waals surface area contributed by atoms with Crippen molar-refractivity contribution < 1.29 is 0 Å². The number of nitrogen functional groups attached to an aromatic ring is 1. The van der Waals surface area contributed by atoms with E-state index in [-0.39, 0.29) is 0 Å². The molecule has 1 aromatic heterocycles. The van der Waals surface area contributed by atoms with Crippen molar-refractivity contribution in [1.82, 2.24) is 14.9 Å². The number of nitrogens with zero attached hydrogens (tertiary/aromatic N) is 4. The molecule has 21 heavy (non-hydrogen) atoms. The molecule has 5 heteroatoms. The Bertz CT molecular complexity index is 621. The predicted octanol–water partition coefficient (Wildman–Crippen LogP) is 1.68. The first kappa shape index (κ1) is 13.8. The van der Waals surface area contributed by atoms with Crippen molar-refractivity contribution in [3.63, 3.8) is 0 Å². The Labute approximate surface area is 125 Å². The molecule has 1 aromatic carbocycles. The number of aromatic nitrogens is 2. The van der Waals surface area contributed by atoms with Gasteiger partial charge in [0.2, 0.25) is 0 Å². The molecule has 2 N–H and O–H groups in total. The van der Waals surface area contributed by atoms with Crippen LogP contribution in [-0.2, 0) is 19.5 Å². The molecule has 1 aliphatic heterocycles. The summed E-state index contributed by atoms with van der Waals surface area (Å²) in [6, 6.07) is 8.71. The fraction of sp³-hybridized carbons (Fsp3) is 0.375. The zero-order chi connectivity index (χ0) is 14.8. The molecule has 0 bridgehead atoms. The molecule has 0 saturated heterocycles. The third-order valence-electron chi connectivity index (χ3n) is 3.98. The summed E-state index contributed by atoms with van der Waals surface area (Å²) in [7, 11) is 4.11. The Hall–Kier alpha value is -2.14. The molecule has 0 amide bonds. The second kappa shape index (κ2) is 5.69. The lowest BCUT2D eigenvalue weighted by atomic mass is 10.0. The summed E-state index contributed by atoms with van der Waals surface area (Å²) in [5.74, 6) is 0.634. The predicted molar refractivity (Wildman–Crippen MR) is 85.0 cm³/mol. The lowest BCUT2D eigenvalue weighted by molar-refractivity contribution is 0.241. The van der Waals surface area contributed by atoms with Gasteiger partial charge in [-0.2, -0.15) is 0 Å². The fourth-order valence-corrected chi connectivity index (χ4v) is 2.73. The fourth-order valence-electron chi connectivity index (χ4n) is 2.73. The minimum atomic E-state index is 0.634. The van der Waals surface area contributed by atoms with E-state index in [2.05, 4.69) is 58.1 Å². The van der Waals surface area contributed by atoms with E-state index in [0.29, 0.717) is 5.82 Å². The quantitative estimate of drug-likeness (QED) is 0.929. The smallest absolute Gasteiger partial charge is 0.130 e. The standard InChI is InChI=1S/C16H21N5/c1-20(2)13-5-3-12(4-6-13)9-21-8-7-14-15(10-21)18-11-19-16(14)17/h3-6,11H,7-10H2,1-2H3,(H2,17,18,19). The Morgan fingerprint density at radius 2 is 1.95 bits per heavy atom. The molecule has 0 unspecified atom stereocenters. The van der Waals surface area contributed by atoms with Gasteiger partial charge >= 0.3 is 0 Å². The number of benzene rings is 1. The van der Waals surface area contributed by atoms with Crippen molar-refractivity contribution in [1.29, 1.82) is 0 Å². The first-order chi connectivity index (χ1) is 10.1. The van der Waals surface area contributed by atoms with Crippen molar-refractivity contribution in [2.45, 2.75) is 19.5 Å². The number of hydrogen-bond donors (Lipinski definition) is 1. The van der Waals surface area contributed by atoms with Crippen molar-refractivity contribution >= 4 is 11.5 Å². The maximum Gasteiger partial charge on any atom is 0.130 e. The van der Waals surface area contributed by atoms with Gasteiger partial charge in [0.25, 0.3) is 0 Å². The molecule has 3 rings (SSSR count). The molecular weight excluding hydrogens is 262 g/mol. The van der Waals surface area contributed by atoms with Crippen LogP contribution in [0, 0.1) is 0 Å². The topological polar surface area (TPSA) is 58.3 Å². The Kier molecular flexibility index (Phi) is 3.75. The summed E-state index contributed by atoms with van der Waals surface area (Å²) in [5, 5.41) is 0. The van der Waals surface area contributed by atoms with E-state index in [0.717, 1.165) is 37.3 Å². The Balaban J connectivity index is 1.69. The van der Waals surface area contributed by atoms with Gasteiger partial charge in [-0.05, 0) is 24.1 Å². The van der Waals surface area contributed by atoms with Gasteiger partial charge in [-0.3, -0.25) is 4.90 Å². The number of hydrogen-bond acceptors (Lipinski definition) is 5. The zero-order valence-corrected chi connectivity index (χ0v) is 12.6. The summed E-state index contributed by atoms with van der Waals surface area (Å²) in [5.41, 5.74) is 10.7. The average molecular weight is 283 g/mol. The number of nitrogens with two attached hydrogens (primary N) is 1. The highest BCUT2D eigenvalue weighted by molar-refractivity contribution is 5.46. The minimum absolute atomic E-state index is 0.634. The van der Waals surface area contributed by atoms with Gasteiger partial charge in [-0.15, -0.1) is 0 Å². The lowest BCUT2D eigenvalue weighted by Crippen LogP contribution is -2.31. The molecule has 0 aliphatic carbocycles. The van der Waals surface area contributed by atoms with Crippen LogP contribution in [0.1, 0.15) is 16.8 Å². The van der Waals surface area contributed by atoms with Gasteiger partial charge in [0, 0.05) is 45.0 Å². The number of rotatable bonds is 3. The minimum Gasteiger partial charge on any atom is -0.383 e. The molecule has 0 radical (unpaired) electrons. The van der Waals surface area contributed by atoms with Crippen LogP contribution in [0.3, 0.4) is 0 Å². The second-order valence-electron chi connectivity index (χ2n) is 5.71. The molecule has 0 spiro atoms. The summed E-state index contributed by atoms with van der Waals surface area (Å²) in [6.07, 6.45) is 2.49. The molecule has 0 fully saturated rings. The highest BCUT2D eigenvalue weighted by Gasteiger charge is 2.19. The first-order valence-electron chi connectivity index (χ1n) is 7.20. The third-order valence-corrected chi connectivity index (χ3v) is 3.98. The van der Waals surface area contributed by atoms with E-state index < -0.39 is 0 Å². The van der Waals surface area contributed by atoms with Crippen molar-refractivity contribution in [2.24, 2.45) is 0 Å². The second-order valence-corrected chi connectivity index (χ2v) is 5.71. The number of fused-ring (bicyclic) bond motifs is 1. The average Bonchev–Trinajstić information content (AvgIpc) is 2.48. The third kappa shape index (κ3) is 2.97. The summed E-state index contributed by atoms with van der Waals surface area (Å²) in [4.78, 5) is 13.0. The van der Waals surface area contributed by atoms with Crippen LogP contribution in [0.25, 0.3) is 0 Å². The van der Waals surface area contributed by atoms with E-state index in [4.69, 9.17) is 5.73 Å². The largest absolute Gasteiger partial charge is 0.383 e. The molecule has 0 saturated carbocycles. The SMILES string of the molecule is CN(C)c1ccc(CN2CCc3c(N)ncnc3C2)cc1. The van der Waals surface area contributed by atoms with Crippen LogP contribution in [0.5, 0.6) is 0 Å². The molecule has 5 nitrogen and oxygen atoms in total. The van der Waals surface area contributed by atoms with Gasteiger partial charge in [-0.1, -0.05) is 12.1 Å². The normalized spacial score (nSPS) is 14.8. The molecule has 2 aromatic rings. The molecule has 1 aliphatic rings. The lowest BCUT2D eigenvalue weighted by Gasteiger charge is -2.28. The van der Waals surface area contributed by atoms with Crippen LogP contribution >= 0.6 is 0 Å². The zero-order valence-electron chi connectivity index (χ0n) is 12.6. The van der Waals surface area contributed by atoms with E-state index in [1.54, 1.807) is 6.33 Å². The van der Waals surface area contributed by atoms with Crippen LogP contribution in [-0.4, -0.2) is 35.5 Å². The molecule has 0 atom stereocenters. The van der Waals surface area contributed by atoms with Gasteiger partial charge in [-0.25, -0.2) is 9.97 Å².